The molecule has 3 nitrogen and oxygen atoms in total. The van der Waals surface area contributed by atoms with E-state index in [2.05, 4.69) is 15.0 Å². The largest absolute Gasteiger partial charge is 0.461 e. The molecule has 0 bridgehead atoms. The van der Waals surface area contributed by atoms with Crippen molar-refractivity contribution in [1.82, 2.24) is 15.0 Å². The minimum Gasteiger partial charge on any atom is -0.226 e. The van der Waals surface area contributed by atoms with E-state index in [1.165, 1.54) is 12.1 Å². The van der Waals surface area contributed by atoms with E-state index in [1.807, 2.05) is 6.92 Å². The lowest BCUT2D eigenvalue weighted by Gasteiger charge is -2.19. The fraction of sp³-hybridized carbons (Fsp3) is 0.188. The minimum absolute atomic E-state index is 0.0758. The van der Waals surface area contributed by atoms with Crippen LogP contribution in [-0.4, -0.2) is 21.1 Å². The second-order valence-electron chi connectivity index (χ2n) is 5.34. The van der Waals surface area contributed by atoms with Gasteiger partial charge in [0.2, 0.25) is 5.82 Å². The second-order valence-corrected chi connectivity index (χ2v) is 5.73. The number of aromatic nitrogens is 3. The van der Waals surface area contributed by atoms with Crippen molar-refractivity contribution < 1.29 is 22.0 Å². The molecule has 0 radical (unpaired) electrons. The van der Waals surface area contributed by atoms with Crippen molar-refractivity contribution in [2.75, 3.05) is 0 Å². The summed E-state index contributed by atoms with van der Waals surface area (Å²) >= 11 is 5.71. The quantitative estimate of drug-likeness (QED) is 0.451. The van der Waals surface area contributed by atoms with Crippen molar-refractivity contribution >= 4 is 22.6 Å². The normalized spacial score (nSPS) is 12.6. The lowest BCUT2D eigenvalue weighted by molar-refractivity contribution is -0.292. The fourth-order valence-corrected chi connectivity index (χ4v) is 2.33. The van der Waals surface area contributed by atoms with E-state index in [4.69, 9.17) is 11.6 Å². The van der Waals surface area contributed by atoms with Gasteiger partial charge < -0.3 is 0 Å². The second kappa shape index (κ2) is 5.87. The molecule has 3 aromatic rings. The molecule has 0 atom stereocenters. The number of alkyl halides is 5. The average molecular weight is 374 g/mol. The third kappa shape index (κ3) is 3.13. The third-order valence-electron chi connectivity index (χ3n) is 3.49. The summed E-state index contributed by atoms with van der Waals surface area (Å²) in [5.74, 6) is -6.89. The number of halogens is 6. The summed E-state index contributed by atoms with van der Waals surface area (Å²) in [6, 6.07) is 9.33. The third-order valence-corrected chi connectivity index (χ3v) is 3.70. The van der Waals surface area contributed by atoms with Crippen LogP contribution in [0.1, 0.15) is 11.4 Å². The van der Waals surface area contributed by atoms with Gasteiger partial charge in [-0.15, -0.1) is 0 Å². The number of nitrogens with zero attached hydrogens (tertiary/aromatic N) is 3. The van der Waals surface area contributed by atoms with Crippen LogP contribution >= 0.6 is 11.6 Å². The Hall–Kier alpha value is -2.35. The van der Waals surface area contributed by atoms with Crippen LogP contribution in [0.25, 0.3) is 22.3 Å². The minimum atomic E-state index is -5.83. The summed E-state index contributed by atoms with van der Waals surface area (Å²) in [6.45, 7) is 1.81. The van der Waals surface area contributed by atoms with Crippen LogP contribution in [0.15, 0.2) is 36.4 Å². The molecule has 130 valence electrons. The maximum atomic E-state index is 13.7. The van der Waals surface area contributed by atoms with E-state index in [-0.39, 0.29) is 21.9 Å². The predicted molar refractivity (Wildman–Crippen MR) is 82.5 cm³/mol. The maximum absolute atomic E-state index is 13.7. The van der Waals surface area contributed by atoms with Gasteiger partial charge in [0.25, 0.3) is 0 Å². The molecule has 0 aliphatic heterocycles. The van der Waals surface area contributed by atoms with Gasteiger partial charge in [-0.25, -0.2) is 15.0 Å². The van der Waals surface area contributed by atoms with Gasteiger partial charge in [0.15, 0.2) is 5.65 Å². The van der Waals surface area contributed by atoms with Crippen molar-refractivity contribution in [2.45, 2.75) is 19.0 Å². The molecule has 25 heavy (non-hydrogen) atoms. The lowest BCUT2D eigenvalue weighted by atomic mass is 10.1. The highest BCUT2D eigenvalue weighted by atomic mass is 35.5. The molecule has 0 amide bonds. The van der Waals surface area contributed by atoms with Crippen molar-refractivity contribution in [2.24, 2.45) is 0 Å². The Bertz CT molecular complexity index is 939. The van der Waals surface area contributed by atoms with Gasteiger partial charge in [0.05, 0.1) is 5.69 Å². The molecule has 0 fully saturated rings. The Morgan fingerprint density at radius 2 is 1.48 bits per heavy atom. The lowest BCUT2D eigenvalue weighted by Crippen LogP contribution is -2.35. The zero-order valence-corrected chi connectivity index (χ0v) is 13.3. The first-order valence-electron chi connectivity index (χ1n) is 6.96. The van der Waals surface area contributed by atoms with E-state index in [0.717, 1.165) is 5.56 Å². The van der Waals surface area contributed by atoms with Crippen molar-refractivity contribution in [3.8, 4) is 11.3 Å². The summed E-state index contributed by atoms with van der Waals surface area (Å²) in [5, 5.41) is 0.136. The Balaban J connectivity index is 2.33. The molecule has 0 unspecified atom stereocenters. The van der Waals surface area contributed by atoms with Gasteiger partial charge in [0, 0.05) is 10.9 Å². The highest BCUT2D eigenvalue weighted by molar-refractivity contribution is 6.29. The van der Waals surface area contributed by atoms with Crippen molar-refractivity contribution in [3.63, 3.8) is 0 Å². The Morgan fingerprint density at radius 1 is 0.840 bits per heavy atom. The topological polar surface area (TPSA) is 38.7 Å². The molecule has 0 N–H and O–H groups in total. The number of hydrogen-bond donors (Lipinski definition) is 0. The van der Waals surface area contributed by atoms with Gasteiger partial charge in [-0.05, 0) is 19.1 Å². The summed E-state index contributed by atoms with van der Waals surface area (Å²) in [6.07, 6.45) is -5.83. The molecule has 0 aliphatic carbocycles. The molecule has 0 saturated carbocycles. The molecule has 0 spiro atoms. The first-order valence-corrected chi connectivity index (χ1v) is 7.34. The number of hydrogen-bond acceptors (Lipinski definition) is 3. The highest BCUT2D eigenvalue weighted by Gasteiger charge is 2.61. The Morgan fingerprint density at radius 3 is 2.08 bits per heavy atom. The number of benzene rings is 1. The van der Waals surface area contributed by atoms with Crippen LogP contribution in [-0.2, 0) is 5.92 Å². The van der Waals surface area contributed by atoms with Crippen molar-refractivity contribution in [3.05, 3.63) is 52.9 Å². The van der Waals surface area contributed by atoms with Crippen LogP contribution in [0.4, 0.5) is 22.0 Å². The van der Waals surface area contributed by atoms with Crippen molar-refractivity contribution in [1.29, 1.82) is 0 Å². The number of fused-ring (bicyclic) bond motifs is 1. The van der Waals surface area contributed by atoms with Crippen LogP contribution in [0.5, 0.6) is 0 Å². The van der Waals surface area contributed by atoms with E-state index >= 15 is 0 Å². The molecule has 2 aromatic heterocycles. The van der Waals surface area contributed by atoms with Crippen LogP contribution in [0, 0.1) is 6.92 Å². The van der Waals surface area contributed by atoms with E-state index in [9.17, 15) is 22.0 Å². The van der Waals surface area contributed by atoms with E-state index < -0.39 is 17.9 Å². The average Bonchev–Trinajstić information content (AvgIpc) is 2.53. The number of aryl methyl sites for hydroxylation is 1. The van der Waals surface area contributed by atoms with E-state index in [0.29, 0.717) is 5.56 Å². The Labute approximate surface area is 143 Å². The van der Waals surface area contributed by atoms with Gasteiger partial charge in [-0.3, -0.25) is 0 Å². The zero-order chi connectivity index (χ0) is 18.4. The summed E-state index contributed by atoms with van der Waals surface area (Å²) in [4.78, 5) is 10.6. The van der Waals surface area contributed by atoms with Crippen LogP contribution in [0.2, 0.25) is 5.15 Å². The highest BCUT2D eigenvalue weighted by Crippen LogP contribution is 2.43. The van der Waals surface area contributed by atoms with Gasteiger partial charge in [-0.1, -0.05) is 41.4 Å². The molecule has 0 saturated heterocycles. The number of rotatable bonds is 2. The molecule has 3 rings (SSSR count). The standard InChI is InChI=1S/C16H9ClF5N3/c1-8-2-4-9(5-3-8)12-10-6-7-11(17)23-13(10)25-14(24-12)15(18,19)16(20,21)22/h2-7H,1H3. The fourth-order valence-electron chi connectivity index (χ4n) is 2.19. The SMILES string of the molecule is Cc1ccc(-c2nc(C(F)(F)C(F)(F)F)nc3nc(Cl)ccc23)cc1. The molecule has 9 heteroatoms. The molecular weight excluding hydrogens is 365 g/mol. The predicted octanol–water partition coefficient (Wildman–Crippen LogP) is 5.31. The first-order chi connectivity index (χ1) is 11.6. The smallest absolute Gasteiger partial charge is 0.226 e. The van der Waals surface area contributed by atoms with Gasteiger partial charge >= 0.3 is 12.1 Å². The monoisotopic (exact) mass is 373 g/mol. The molecule has 0 aliphatic rings. The zero-order valence-electron chi connectivity index (χ0n) is 12.6. The van der Waals surface area contributed by atoms with Gasteiger partial charge in [-0.2, -0.15) is 22.0 Å². The summed E-state index contributed by atoms with van der Waals surface area (Å²) in [7, 11) is 0. The first kappa shape index (κ1) is 17.5. The van der Waals surface area contributed by atoms with Crippen LogP contribution in [0.3, 0.4) is 0 Å². The molecule has 1 aromatic carbocycles. The molecule has 2 heterocycles. The number of pyridine rings is 1. The summed E-state index contributed by atoms with van der Waals surface area (Å²) in [5.41, 5.74) is 0.843. The Kier molecular flexibility index (Phi) is 4.10. The van der Waals surface area contributed by atoms with Gasteiger partial charge in [0.1, 0.15) is 5.15 Å². The van der Waals surface area contributed by atoms with E-state index in [1.54, 1.807) is 24.3 Å². The molecular formula is C16H9ClF5N3. The maximum Gasteiger partial charge on any atom is 0.461 e. The van der Waals surface area contributed by atoms with Crippen LogP contribution < -0.4 is 0 Å². The summed E-state index contributed by atoms with van der Waals surface area (Å²) < 4.78 is 65.6.